The van der Waals surface area contributed by atoms with E-state index in [9.17, 15) is 8.78 Å². The predicted molar refractivity (Wildman–Crippen MR) is 75.3 cm³/mol. The smallest absolute Gasteiger partial charge is 0.150 e. The molecule has 0 fully saturated rings. The van der Waals surface area contributed by atoms with Crippen LogP contribution in [-0.2, 0) is 5.88 Å². The lowest BCUT2D eigenvalue weighted by Crippen LogP contribution is -2.05. The van der Waals surface area contributed by atoms with Gasteiger partial charge in [-0.25, -0.2) is 13.8 Å². The van der Waals surface area contributed by atoms with E-state index in [0.717, 1.165) is 5.56 Å². The molecule has 0 N–H and O–H groups in total. The van der Waals surface area contributed by atoms with Crippen LogP contribution in [-0.4, -0.2) is 9.55 Å². The number of fused-ring (bicyclic) bond motifs is 1. The second-order valence-corrected chi connectivity index (χ2v) is 4.78. The minimum atomic E-state index is -0.640. The number of imidazole rings is 1. The molecular formula is C15H11ClF2N2. The molecule has 0 aliphatic heterocycles. The first-order valence-electron chi connectivity index (χ1n) is 6.10. The zero-order valence-electron chi connectivity index (χ0n) is 10.7. The zero-order valence-corrected chi connectivity index (χ0v) is 11.5. The van der Waals surface area contributed by atoms with Crippen molar-refractivity contribution in [1.29, 1.82) is 0 Å². The topological polar surface area (TPSA) is 17.8 Å². The van der Waals surface area contributed by atoms with Gasteiger partial charge in [0.05, 0.1) is 16.9 Å². The minimum absolute atomic E-state index is 0.0713. The summed E-state index contributed by atoms with van der Waals surface area (Å²) in [6.45, 7) is 1.87. The molecule has 0 saturated heterocycles. The number of hydrogen-bond donors (Lipinski definition) is 0. The fraction of sp³-hybridized carbons (Fsp3) is 0.133. The fourth-order valence-corrected chi connectivity index (χ4v) is 2.56. The van der Waals surface area contributed by atoms with E-state index in [1.807, 2.05) is 19.1 Å². The number of para-hydroxylation sites is 2. The standard InChI is InChI=1S/C15H11ClF2N2/c1-9-4-2-7-12-14(9)20(13(8-16)19-12)15-10(17)5-3-6-11(15)18/h2-7H,8H2,1H3. The van der Waals surface area contributed by atoms with Gasteiger partial charge in [-0.1, -0.05) is 18.2 Å². The maximum Gasteiger partial charge on any atom is 0.150 e. The summed E-state index contributed by atoms with van der Waals surface area (Å²) in [6, 6.07) is 9.30. The summed E-state index contributed by atoms with van der Waals surface area (Å²) in [6.07, 6.45) is 0. The molecule has 1 heterocycles. The van der Waals surface area contributed by atoms with E-state index in [2.05, 4.69) is 4.98 Å². The zero-order chi connectivity index (χ0) is 14.3. The summed E-state index contributed by atoms with van der Waals surface area (Å²) in [5.41, 5.74) is 2.09. The summed E-state index contributed by atoms with van der Waals surface area (Å²) in [5, 5.41) is 0. The third kappa shape index (κ3) is 1.88. The quantitative estimate of drug-likeness (QED) is 0.642. The Morgan fingerprint density at radius 1 is 1.10 bits per heavy atom. The van der Waals surface area contributed by atoms with Gasteiger partial charge in [0, 0.05) is 0 Å². The summed E-state index contributed by atoms with van der Waals surface area (Å²) in [7, 11) is 0. The highest BCUT2D eigenvalue weighted by atomic mass is 35.5. The van der Waals surface area contributed by atoms with Crippen LogP contribution in [0.4, 0.5) is 8.78 Å². The molecule has 0 radical (unpaired) electrons. The highest BCUT2D eigenvalue weighted by Crippen LogP contribution is 2.28. The van der Waals surface area contributed by atoms with Crippen molar-refractivity contribution < 1.29 is 8.78 Å². The van der Waals surface area contributed by atoms with Crippen LogP contribution in [0, 0.1) is 18.6 Å². The monoisotopic (exact) mass is 292 g/mol. The largest absolute Gasteiger partial charge is 0.289 e. The lowest BCUT2D eigenvalue weighted by molar-refractivity contribution is 0.569. The van der Waals surface area contributed by atoms with Crippen molar-refractivity contribution in [2.75, 3.05) is 0 Å². The van der Waals surface area contributed by atoms with Crippen LogP contribution >= 0.6 is 11.6 Å². The average Bonchev–Trinajstić information content (AvgIpc) is 2.79. The van der Waals surface area contributed by atoms with E-state index in [-0.39, 0.29) is 11.6 Å². The molecule has 0 bridgehead atoms. The molecule has 2 nitrogen and oxygen atoms in total. The number of aromatic nitrogens is 2. The third-order valence-electron chi connectivity index (χ3n) is 3.23. The summed E-state index contributed by atoms with van der Waals surface area (Å²) in [4.78, 5) is 4.35. The number of alkyl halides is 1. The molecule has 2 aromatic carbocycles. The van der Waals surface area contributed by atoms with E-state index >= 15 is 0 Å². The number of halogens is 3. The van der Waals surface area contributed by atoms with Crippen molar-refractivity contribution in [2.24, 2.45) is 0 Å². The molecule has 102 valence electrons. The number of nitrogens with zero attached hydrogens (tertiary/aromatic N) is 2. The van der Waals surface area contributed by atoms with E-state index in [1.54, 1.807) is 6.07 Å². The van der Waals surface area contributed by atoms with Crippen molar-refractivity contribution in [3.05, 3.63) is 59.4 Å². The molecular weight excluding hydrogens is 282 g/mol. The van der Waals surface area contributed by atoms with Crippen LogP contribution in [0.15, 0.2) is 36.4 Å². The second kappa shape index (κ2) is 4.87. The van der Waals surface area contributed by atoms with E-state index in [4.69, 9.17) is 11.6 Å². The van der Waals surface area contributed by atoms with Crippen LogP contribution in [0.2, 0.25) is 0 Å². The molecule has 20 heavy (non-hydrogen) atoms. The first-order valence-corrected chi connectivity index (χ1v) is 6.64. The Balaban J connectivity index is 2.46. The molecule has 3 rings (SSSR count). The van der Waals surface area contributed by atoms with Crippen molar-refractivity contribution in [1.82, 2.24) is 9.55 Å². The predicted octanol–water partition coefficient (Wildman–Crippen LogP) is 4.35. The van der Waals surface area contributed by atoms with Gasteiger partial charge in [-0.2, -0.15) is 0 Å². The summed E-state index contributed by atoms with van der Waals surface area (Å²) < 4.78 is 29.6. The SMILES string of the molecule is Cc1cccc2nc(CCl)n(-c3c(F)cccc3F)c12. The number of benzene rings is 2. The first kappa shape index (κ1) is 13.1. The van der Waals surface area contributed by atoms with E-state index < -0.39 is 11.6 Å². The van der Waals surface area contributed by atoms with Gasteiger partial charge in [-0.05, 0) is 30.7 Å². The Hall–Kier alpha value is -1.94. The molecule has 0 spiro atoms. The van der Waals surface area contributed by atoms with Crippen LogP contribution in [0.5, 0.6) is 0 Å². The van der Waals surface area contributed by atoms with Crippen LogP contribution < -0.4 is 0 Å². The molecule has 0 atom stereocenters. The van der Waals surface area contributed by atoms with Crippen molar-refractivity contribution in [3.8, 4) is 5.69 Å². The summed E-state index contributed by atoms with van der Waals surface area (Å²) >= 11 is 5.88. The van der Waals surface area contributed by atoms with Crippen molar-refractivity contribution in [2.45, 2.75) is 12.8 Å². The molecule has 0 aliphatic rings. The van der Waals surface area contributed by atoms with Gasteiger partial charge in [0.25, 0.3) is 0 Å². The van der Waals surface area contributed by atoms with E-state index in [0.29, 0.717) is 16.9 Å². The second-order valence-electron chi connectivity index (χ2n) is 4.51. The van der Waals surface area contributed by atoms with Crippen molar-refractivity contribution >= 4 is 22.6 Å². The molecule has 3 aromatic rings. The van der Waals surface area contributed by atoms with Crippen molar-refractivity contribution in [3.63, 3.8) is 0 Å². The van der Waals surface area contributed by atoms with Crippen LogP contribution in [0.3, 0.4) is 0 Å². The lowest BCUT2D eigenvalue weighted by atomic mass is 10.2. The van der Waals surface area contributed by atoms with Gasteiger partial charge in [0.2, 0.25) is 0 Å². The maximum absolute atomic E-state index is 14.1. The van der Waals surface area contributed by atoms with Gasteiger partial charge < -0.3 is 0 Å². The van der Waals surface area contributed by atoms with Gasteiger partial charge >= 0.3 is 0 Å². The van der Waals surface area contributed by atoms with Crippen LogP contribution in [0.25, 0.3) is 16.7 Å². The lowest BCUT2D eigenvalue weighted by Gasteiger charge is -2.11. The Morgan fingerprint density at radius 3 is 2.40 bits per heavy atom. The highest BCUT2D eigenvalue weighted by molar-refractivity contribution is 6.17. The van der Waals surface area contributed by atoms with Crippen LogP contribution in [0.1, 0.15) is 11.4 Å². The highest BCUT2D eigenvalue weighted by Gasteiger charge is 2.19. The molecule has 0 aliphatic carbocycles. The Kier molecular flexibility index (Phi) is 3.18. The van der Waals surface area contributed by atoms with Gasteiger partial charge in [0.1, 0.15) is 23.1 Å². The molecule has 1 aromatic heterocycles. The maximum atomic E-state index is 14.1. The van der Waals surface area contributed by atoms with Gasteiger partial charge in [0.15, 0.2) is 0 Å². The third-order valence-corrected chi connectivity index (χ3v) is 3.47. The minimum Gasteiger partial charge on any atom is -0.289 e. The van der Waals surface area contributed by atoms with Gasteiger partial charge in [-0.15, -0.1) is 11.6 Å². The molecule has 0 unspecified atom stereocenters. The number of rotatable bonds is 2. The first-order chi connectivity index (χ1) is 9.63. The normalized spacial score (nSPS) is 11.2. The summed E-state index contributed by atoms with van der Waals surface area (Å²) in [5.74, 6) is -0.792. The fourth-order valence-electron chi connectivity index (χ4n) is 2.38. The molecule has 0 saturated carbocycles. The Bertz CT molecular complexity index is 776. The Labute approximate surface area is 119 Å². The number of hydrogen-bond acceptors (Lipinski definition) is 1. The molecule has 5 heteroatoms. The average molecular weight is 293 g/mol. The Morgan fingerprint density at radius 2 is 1.75 bits per heavy atom. The number of aryl methyl sites for hydroxylation is 1. The molecule has 0 amide bonds. The van der Waals surface area contributed by atoms with Gasteiger partial charge in [-0.3, -0.25) is 4.57 Å². The van der Waals surface area contributed by atoms with E-state index in [1.165, 1.54) is 22.8 Å².